The predicted octanol–water partition coefficient (Wildman–Crippen LogP) is 4.08. The van der Waals surface area contributed by atoms with E-state index in [9.17, 15) is 4.39 Å². The first kappa shape index (κ1) is 13.1. The lowest BCUT2D eigenvalue weighted by Crippen LogP contribution is -2.21. The van der Waals surface area contributed by atoms with Gasteiger partial charge in [0.05, 0.1) is 6.04 Å². The monoisotopic (exact) mass is 267 g/mol. The molecule has 1 atom stereocenters. The van der Waals surface area contributed by atoms with Gasteiger partial charge in [-0.25, -0.2) is 4.39 Å². The highest BCUT2D eigenvalue weighted by molar-refractivity contribution is 6.31. The van der Waals surface area contributed by atoms with Crippen LogP contribution >= 0.6 is 11.6 Å². The number of hydrogen-bond acceptors (Lipinski definition) is 2. The lowest BCUT2D eigenvalue weighted by molar-refractivity contribution is 0.434. The van der Waals surface area contributed by atoms with Crippen molar-refractivity contribution in [2.24, 2.45) is 0 Å². The van der Waals surface area contributed by atoms with Crippen LogP contribution in [0.25, 0.3) is 0 Å². The third-order valence-electron chi connectivity index (χ3n) is 2.73. The molecule has 0 bridgehead atoms. The number of nitrogens with one attached hydrogen (secondary N) is 1. The molecule has 0 aliphatic rings. The van der Waals surface area contributed by atoms with E-state index in [0.717, 1.165) is 23.6 Å². The van der Waals surface area contributed by atoms with Crippen LogP contribution in [0.1, 0.15) is 30.0 Å². The van der Waals surface area contributed by atoms with Crippen molar-refractivity contribution in [2.75, 3.05) is 6.54 Å². The van der Waals surface area contributed by atoms with Crippen molar-refractivity contribution in [1.29, 1.82) is 0 Å². The summed E-state index contributed by atoms with van der Waals surface area (Å²) in [6.45, 7) is 4.65. The molecule has 0 saturated heterocycles. The van der Waals surface area contributed by atoms with Crippen molar-refractivity contribution in [3.8, 4) is 0 Å². The van der Waals surface area contributed by atoms with E-state index >= 15 is 0 Å². The zero-order valence-electron chi connectivity index (χ0n) is 10.3. The fourth-order valence-electron chi connectivity index (χ4n) is 1.91. The van der Waals surface area contributed by atoms with Crippen LogP contribution < -0.4 is 5.32 Å². The minimum absolute atomic E-state index is 0.156. The molecule has 1 aromatic heterocycles. The normalized spacial score (nSPS) is 12.7. The molecular weight excluding hydrogens is 253 g/mol. The Morgan fingerprint density at radius 3 is 2.67 bits per heavy atom. The lowest BCUT2D eigenvalue weighted by Gasteiger charge is -2.17. The molecular formula is C14H15ClFNO. The summed E-state index contributed by atoms with van der Waals surface area (Å²) in [6, 6.07) is 8.05. The van der Waals surface area contributed by atoms with E-state index in [0.29, 0.717) is 5.02 Å². The summed E-state index contributed by atoms with van der Waals surface area (Å²) in [7, 11) is 0. The zero-order chi connectivity index (χ0) is 13.1. The standard InChI is InChI=1S/C14H15ClFNO/c1-3-17-14(13-7-4-9(2)18-13)11-6-5-10(16)8-12(11)15/h4-8,14,17H,3H2,1-2H3. The summed E-state index contributed by atoms with van der Waals surface area (Å²) in [4.78, 5) is 0. The molecule has 2 aromatic rings. The lowest BCUT2D eigenvalue weighted by atomic mass is 10.0. The Kier molecular flexibility index (Phi) is 4.04. The van der Waals surface area contributed by atoms with E-state index in [2.05, 4.69) is 5.32 Å². The summed E-state index contributed by atoms with van der Waals surface area (Å²) in [5.41, 5.74) is 0.814. The first-order chi connectivity index (χ1) is 8.61. The topological polar surface area (TPSA) is 25.2 Å². The number of benzene rings is 1. The van der Waals surface area contributed by atoms with Crippen LogP contribution in [0.3, 0.4) is 0 Å². The fraction of sp³-hybridized carbons (Fsp3) is 0.286. The summed E-state index contributed by atoms with van der Waals surface area (Å²) in [6.07, 6.45) is 0. The van der Waals surface area contributed by atoms with Gasteiger partial charge in [0.1, 0.15) is 17.3 Å². The van der Waals surface area contributed by atoms with Crippen LogP contribution in [0.15, 0.2) is 34.7 Å². The maximum atomic E-state index is 13.1. The fourth-order valence-corrected chi connectivity index (χ4v) is 2.19. The first-order valence-electron chi connectivity index (χ1n) is 5.86. The van der Waals surface area contributed by atoms with E-state index in [1.807, 2.05) is 26.0 Å². The molecule has 1 unspecified atom stereocenters. The van der Waals surface area contributed by atoms with Gasteiger partial charge in [-0.3, -0.25) is 0 Å². The Bertz CT molecular complexity index is 538. The largest absolute Gasteiger partial charge is 0.464 e. The van der Waals surface area contributed by atoms with E-state index in [1.165, 1.54) is 12.1 Å². The Balaban J connectivity index is 2.41. The highest BCUT2D eigenvalue weighted by Crippen LogP contribution is 2.29. The molecule has 0 saturated carbocycles. The van der Waals surface area contributed by atoms with E-state index in [-0.39, 0.29) is 11.9 Å². The smallest absolute Gasteiger partial charge is 0.125 e. The van der Waals surface area contributed by atoms with Crippen LogP contribution in [0, 0.1) is 12.7 Å². The molecule has 1 N–H and O–H groups in total. The molecule has 0 radical (unpaired) electrons. The Hall–Kier alpha value is -1.32. The second-order valence-electron chi connectivity index (χ2n) is 4.10. The highest BCUT2D eigenvalue weighted by atomic mass is 35.5. The third-order valence-corrected chi connectivity index (χ3v) is 3.05. The van der Waals surface area contributed by atoms with Gasteiger partial charge in [0.2, 0.25) is 0 Å². The van der Waals surface area contributed by atoms with Crippen LogP contribution in [-0.2, 0) is 0 Å². The van der Waals surface area contributed by atoms with Gasteiger partial charge in [0.15, 0.2) is 0 Å². The van der Waals surface area contributed by atoms with Gasteiger partial charge in [0.25, 0.3) is 0 Å². The minimum atomic E-state index is -0.338. The van der Waals surface area contributed by atoms with Crippen LogP contribution in [0.2, 0.25) is 5.02 Å². The molecule has 96 valence electrons. The maximum Gasteiger partial charge on any atom is 0.125 e. The van der Waals surface area contributed by atoms with Gasteiger partial charge in [-0.2, -0.15) is 0 Å². The van der Waals surface area contributed by atoms with Gasteiger partial charge >= 0.3 is 0 Å². The number of halogens is 2. The van der Waals surface area contributed by atoms with Crippen molar-refractivity contribution < 1.29 is 8.81 Å². The van der Waals surface area contributed by atoms with Gasteiger partial charge in [-0.1, -0.05) is 24.6 Å². The average molecular weight is 268 g/mol. The minimum Gasteiger partial charge on any atom is -0.464 e. The summed E-state index contributed by atoms with van der Waals surface area (Å²) >= 11 is 6.10. The van der Waals surface area contributed by atoms with Crippen LogP contribution in [-0.4, -0.2) is 6.54 Å². The molecule has 1 heterocycles. The first-order valence-corrected chi connectivity index (χ1v) is 6.24. The maximum absolute atomic E-state index is 13.1. The molecule has 0 aliphatic heterocycles. The van der Waals surface area contributed by atoms with Crippen LogP contribution in [0.5, 0.6) is 0 Å². The van der Waals surface area contributed by atoms with Gasteiger partial charge in [0, 0.05) is 5.02 Å². The zero-order valence-corrected chi connectivity index (χ0v) is 11.1. The molecule has 0 fully saturated rings. The highest BCUT2D eigenvalue weighted by Gasteiger charge is 2.19. The van der Waals surface area contributed by atoms with Gasteiger partial charge < -0.3 is 9.73 Å². The summed E-state index contributed by atoms with van der Waals surface area (Å²) < 4.78 is 18.7. The number of aryl methyl sites for hydroxylation is 1. The Labute approximate surface area is 111 Å². The van der Waals surface area contributed by atoms with Gasteiger partial charge in [-0.05, 0) is 43.3 Å². The molecule has 4 heteroatoms. The molecule has 1 aromatic carbocycles. The van der Waals surface area contributed by atoms with Crippen molar-refractivity contribution in [1.82, 2.24) is 5.32 Å². The van der Waals surface area contributed by atoms with Crippen LogP contribution in [0.4, 0.5) is 4.39 Å². The summed E-state index contributed by atoms with van der Waals surface area (Å²) in [5, 5.41) is 3.69. The summed E-state index contributed by atoms with van der Waals surface area (Å²) in [5.74, 6) is 1.28. The molecule has 18 heavy (non-hydrogen) atoms. The molecule has 2 rings (SSSR count). The Morgan fingerprint density at radius 1 is 1.33 bits per heavy atom. The molecule has 0 spiro atoms. The molecule has 2 nitrogen and oxygen atoms in total. The van der Waals surface area contributed by atoms with Crippen molar-refractivity contribution in [3.63, 3.8) is 0 Å². The van der Waals surface area contributed by atoms with E-state index in [1.54, 1.807) is 6.07 Å². The average Bonchev–Trinajstić information content (AvgIpc) is 2.73. The van der Waals surface area contributed by atoms with Crippen molar-refractivity contribution >= 4 is 11.6 Å². The number of hydrogen-bond donors (Lipinski definition) is 1. The molecule has 0 aliphatic carbocycles. The van der Waals surface area contributed by atoms with E-state index in [4.69, 9.17) is 16.0 Å². The number of furan rings is 1. The predicted molar refractivity (Wildman–Crippen MR) is 70.4 cm³/mol. The second-order valence-corrected chi connectivity index (χ2v) is 4.51. The van der Waals surface area contributed by atoms with Crippen molar-refractivity contribution in [3.05, 3.63) is 58.3 Å². The molecule has 0 amide bonds. The van der Waals surface area contributed by atoms with E-state index < -0.39 is 0 Å². The number of rotatable bonds is 4. The SMILES string of the molecule is CCNC(c1ccc(C)o1)c1ccc(F)cc1Cl. The second kappa shape index (κ2) is 5.55. The van der Waals surface area contributed by atoms with Gasteiger partial charge in [-0.15, -0.1) is 0 Å². The third kappa shape index (κ3) is 2.74. The quantitative estimate of drug-likeness (QED) is 0.903. The van der Waals surface area contributed by atoms with Crippen molar-refractivity contribution in [2.45, 2.75) is 19.9 Å². The Morgan fingerprint density at radius 2 is 2.11 bits per heavy atom.